The maximum Gasteiger partial charge on any atom is 0.221 e. The summed E-state index contributed by atoms with van der Waals surface area (Å²) in [4.78, 5) is 15.8. The van der Waals surface area contributed by atoms with Crippen LogP contribution in [-0.4, -0.2) is 24.5 Å². The van der Waals surface area contributed by atoms with Gasteiger partial charge in [0.2, 0.25) is 5.91 Å². The molecule has 0 heterocycles. The smallest absolute Gasteiger partial charge is 0.221 e. The molecule has 5 nitrogen and oxygen atoms in total. The summed E-state index contributed by atoms with van der Waals surface area (Å²) in [6.07, 6.45) is 1.33. The Hall–Kier alpha value is -1.31. The third-order valence-corrected chi connectivity index (χ3v) is 2.95. The highest BCUT2D eigenvalue weighted by Crippen LogP contribution is 1.99. The molecular weight excluding hydrogens is 379 g/mol. The highest BCUT2D eigenvalue weighted by Gasteiger charge is 2.04. The normalized spacial score (nSPS) is 12.2. The minimum atomic E-state index is 0. The first-order chi connectivity index (χ1) is 9.61. The number of rotatable bonds is 7. The van der Waals surface area contributed by atoms with E-state index >= 15 is 0 Å². The Morgan fingerprint density at radius 1 is 1.33 bits per heavy atom. The van der Waals surface area contributed by atoms with Gasteiger partial charge < -0.3 is 16.4 Å². The molecule has 0 bridgehead atoms. The fourth-order valence-corrected chi connectivity index (χ4v) is 1.57. The summed E-state index contributed by atoms with van der Waals surface area (Å²) in [6, 6.07) is 10.1. The van der Waals surface area contributed by atoms with Crippen LogP contribution in [0.15, 0.2) is 35.3 Å². The van der Waals surface area contributed by atoms with Crippen molar-refractivity contribution in [2.24, 2.45) is 10.7 Å². The van der Waals surface area contributed by atoms with Gasteiger partial charge in [0, 0.05) is 19.0 Å². The monoisotopic (exact) mass is 404 g/mol. The molecule has 0 aromatic heterocycles. The minimum absolute atomic E-state index is 0. The van der Waals surface area contributed by atoms with Crippen LogP contribution in [-0.2, 0) is 11.3 Å². The zero-order valence-corrected chi connectivity index (χ0v) is 15.0. The van der Waals surface area contributed by atoms with Crippen molar-refractivity contribution in [3.8, 4) is 0 Å². The molecule has 1 rings (SSSR count). The van der Waals surface area contributed by atoms with Gasteiger partial charge in [0.25, 0.3) is 0 Å². The van der Waals surface area contributed by atoms with Crippen LogP contribution in [0.2, 0.25) is 0 Å². The number of nitrogens with one attached hydrogen (secondary N) is 2. The Balaban J connectivity index is 0.00000400. The van der Waals surface area contributed by atoms with E-state index in [1.165, 1.54) is 0 Å². The third-order valence-electron chi connectivity index (χ3n) is 2.95. The molecule has 0 aliphatic rings. The van der Waals surface area contributed by atoms with Crippen LogP contribution in [0.5, 0.6) is 0 Å². The van der Waals surface area contributed by atoms with E-state index in [0.717, 1.165) is 12.0 Å². The number of benzene rings is 1. The summed E-state index contributed by atoms with van der Waals surface area (Å²) in [5.41, 5.74) is 6.85. The number of nitrogens with zero attached hydrogens (tertiary/aromatic N) is 1. The van der Waals surface area contributed by atoms with Crippen molar-refractivity contribution in [2.75, 3.05) is 6.54 Å². The fraction of sp³-hybridized carbons (Fsp3) is 0.467. The van der Waals surface area contributed by atoms with Crippen molar-refractivity contribution < 1.29 is 4.79 Å². The highest BCUT2D eigenvalue weighted by atomic mass is 127. The second-order valence-corrected chi connectivity index (χ2v) is 4.74. The molecule has 0 aliphatic carbocycles. The van der Waals surface area contributed by atoms with E-state index in [9.17, 15) is 4.79 Å². The van der Waals surface area contributed by atoms with E-state index in [0.29, 0.717) is 25.5 Å². The summed E-state index contributed by atoms with van der Waals surface area (Å²) in [7, 11) is 0. The molecule has 0 fully saturated rings. The Kier molecular flexibility index (Phi) is 10.7. The molecule has 0 spiro atoms. The predicted octanol–water partition coefficient (Wildman–Crippen LogP) is 2.01. The molecule has 1 unspecified atom stereocenters. The largest absolute Gasteiger partial charge is 0.370 e. The van der Waals surface area contributed by atoms with Crippen molar-refractivity contribution in [3.63, 3.8) is 0 Å². The molecular formula is C15H25IN4O. The average molecular weight is 404 g/mol. The van der Waals surface area contributed by atoms with Gasteiger partial charge in [0.1, 0.15) is 0 Å². The lowest BCUT2D eigenvalue weighted by atomic mass is 10.2. The first-order valence-electron chi connectivity index (χ1n) is 6.99. The lowest BCUT2D eigenvalue weighted by molar-refractivity contribution is -0.121. The van der Waals surface area contributed by atoms with Gasteiger partial charge in [-0.1, -0.05) is 37.3 Å². The van der Waals surface area contributed by atoms with Gasteiger partial charge in [-0.25, -0.2) is 4.99 Å². The Labute approximate surface area is 143 Å². The molecule has 0 radical (unpaired) electrons. The summed E-state index contributed by atoms with van der Waals surface area (Å²) in [5, 5.41) is 5.84. The topological polar surface area (TPSA) is 79.5 Å². The number of hydrogen-bond acceptors (Lipinski definition) is 2. The van der Waals surface area contributed by atoms with Crippen molar-refractivity contribution in [1.82, 2.24) is 10.6 Å². The molecule has 4 N–H and O–H groups in total. The second kappa shape index (κ2) is 11.4. The van der Waals surface area contributed by atoms with E-state index in [1.54, 1.807) is 0 Å². The summed E-state index contributed by atoms with van der Waals surface area (Å²) < 4.78 is 0. The standard InChI is InChI=1S/C15H24N4O.HI/c1-3-12(2)19-14(20)9-10-17-15(16)18-11-13-7-5-4-6-8-13;/h4-8,12H,3,9-11H2,1-2H3,(H,19,20)(H3,16,17,18);1H. The first kappa shape index (κ1) is 19.7. The van der Waals surface area contributed by atoms with E-state index in [-0.39, 0.29) is 35.9 Å². The molecule has 1 atom stereocenters. The van der Waals surface area contributed by atoms with Gasteiger partial charge in [0.15, 0.2) is 5.96 Å². The van der Waals surface area contributed by atoms with Crippen LogP contribution in [0, 0.1) is 0 Å². The van der Waals surface area contributed by atoms with E-state index < -0.39 is 0 Å². The number of amides is 1. The number of guanidine groups is 1. The lowest BCUT2D eigenvalue weighted by Gasteiger charge is -2.11. The van der Waals surface area contributed by atoms with Gasteiger partial charge in [0.05, 0.1) is 6.54 Å². The van der Waals surface area contributed by atoms with Crippen LogP contribution < -0.4 is 16.4 Å². The molecule has 0 saturated carbocycles. The molecule has 1 amide bonds. The van der Waals surface area contributed by atoms with Crippen LogP contribution in [0.4, 0.5) is 0 Å². The minimum Gasteiger partial charge on any atom is -0.370 e. The Morgan fingerprint density at radius 2 is 2.00 bits per heavy atom. The number of hydrogen-bond donors (Lipinski definition) is 3. The second-order valence-electron chi connectivity index (χ2n) is 4.74. The predicted molar refractivity (Wildman–Crippen MR) is 97.7 cm³/mol. The van der Waals surface area contributed by atoms with Crippen LogP contribution >= 0.6 is 24.0 Å². The number of carbonyl (C=O) groups is 1. The maximum absolute atomic E-state index is 11.5. The van der Waals surface area contributed by atoms with E-state index in [4.69, 9.17) is 5.73 Å². The third kappa shape index (κ3) is 9.28. The summed E-state index contributed by atoms with van der Waals surface area (Å²) in [5.74, 6) is 0.396. The summed E-state index contributed by atoms with van der Waals surface area (Å²) >= 11 is 0. The fourth-order valence-electron chi connectivity index (χ4n) is 1.57. The number of halogens is 1. The van der Waals surface area contributed by atoms with Gasteiger partial charge >= 0.3 is 0 Å². The van der Waals surface area contributed by atoms with Crippen LogP contribution in [0.3, 0.4) is 0 Å². The molecule has 0 saturated heterocycles. The number of carbonyl (C=O) groups excluding carboxylic acids is 1. The van der Waals surface area contributed by atoms with Crippen LogP contribution in [0.1, 0.15) is 32.3 Å². The van der Waals surface area contributed by atoms with Gasteiger partial charge in [-0.2, -0.15) is 0 Å². The van der Waals surface area contributed by atoms with Crippen molar-refractivity contribution in [2.45, 2.75) is 39.3 Å². The number of aliphatic imine (C=N–C) groups is 1. The molecule has 21 heavy (non-hydrogen) atoms. The quantitative estimate of drug-likeness (QED) is 0.370. The first-order valence-corrected chi connectivity index (χ1v) is 6.99. The maximum atomic E-state index is 11.5. The molecule has 1 aromatic carbocycles. The van der Waals surface area contributed by atoms with Gasteiger partial charge in [-0.3, -0.25) is 4.79 Å². The van der Waals surface area contributed by atoms with Gasteiger partial charge in [-0.15, -0.1) is 24.0 Å². The highest BCUT2D eigenvalue weighted by molar-refractivity contribution is 14.0. The van der Waals surface area contributed by atoms with E-state index in [1.807, 2.05) is 44.2 Å². The van der Waals surface area contributed by atoms with Crippen LogP contribution in [0.25, 0.3) is 0 Å². The van der Waals surface area contributed by atoms with Crippen molar-refractivity contribution in [1.29, 1.82) is 0 Å². The van der Waals surface area contributed by atoms with Gasteiger partial charge in [-0.05, 0) is 18.9 Å². The molecule has 0 aliphatic heterocycles. The number of nitrogens with two attached hydrogens (primary N) is 1. The molecule has 1 aromatic rings. The Morgan fingerprint density at radius 3 is 2.62 bits per heavy atom. The van der Waals surface area contributed by atoms with Crippen molar-refractivity contribution >= 4 is 35.8 Å². The van der Waals surface area contributed by atoms with Crippen molar-refractivity contribution in [3.05, 3.63) is 35.9 Å². The average Bonchev–Trinajstić information content (AvgIpc) is 2.46. The zero-order valence-electron chi connectivity index (χ0n) is 12.6. The Bertz CT molecular complexity index is 437. The molecule has 6 heteroatoms. The summed E-state index contributed by atoms with van der Waals surface area (Å²) in [6.45, 7) is 5.06. The zero-order chi connectivity index (χ0) is 14.8. The lowest BCUT2D eigenvalue weighted by Crippen LogP contribution is -2.37. The van der Waals surface area contributed by atoms with E-state index in [2.05, 4.69) is 15.6 Å². The SMILES string of the molecule is CCC(C)NC(=O)CCNC(N)=NCc1ccccc1.I. The molecule has 118 valence electrons.